The lowest BCUT2D eigenvalue weighted by molar-refractivity contribution is -0.00449. The molecule has 0 unspecified atom stereocenters. The molecule has 0 bridgehead atoms. The van der Waals surface area contributed by atoms with E-state index in [0.717, 1.165) is 32.1 Å². The molecule has 18 heavy (non-hydrogen) atoms. The van der Waals surface area contributed by atoms with Gasteiger partial charge in [-0.05, 0) is 44.4 Å². The molecular formula is C12H24N2O3S. The van der Waals surface area contributed by atoms with Crippen molar-refractivity contribution in [3.63, 3.8) is 0 Å². The van der Waals surface area contributed by atoms with Crippen molar-refractivity contribution < 1.29 is 13.5 Å². The van der Waals surface area contributed by atoms with Gasteiger partial charge in [0.15, 0.2) is 0 Å². The van der Waals surface area contributed by atoms with E-state index in [0.29, 0.717) is 18.8 Å². The zero-order valence-corrected chi connectivity index (χ0v) is 11.8. The first-order chi connectivity index (χ1) is 8.42. The molecule has 0 atom stereocenters. The van der Waals surface area contributed by atoms with Gasteiger partial charge in [-0.3, -0.25) is 0 Å². The van der Waals surface area contributed by atoms with Gasteiger partial charge < -0.3 is 5.11 Å². The maximum Gasteiger partial charge on any atom is 0.277 e. The Bertz CT molecular complexity index is 371. The Morgan fingerprint density at radius 1 is 1.22 bits per heavy atom. The molecule has 0 aromatic heterocycles. The molecular weight excluding hydrogens is 252 g/mol. The average molecular weight is 276 g/mol. The number of rotatable bonds is 6. The van der Waals surface area contributed by atoms with Gasteiger partial charge in [-0.1, -0.05) is 13.3 Å². The molecule has 2 rings (SSSR count). The van der Waals surface area contributed by atoms with E-state index >= 15 is 0 Å². The monoisotopic (exact) mass is 276 g/mol. The van der Waals surface area contributed by atoms with Crippen LogP contribution in [0.25, 0.3) is 0 Å². The highest BCUT2D eigenvalue weighted by Crippen LogP contribution is 2.33. The maximum absolute atomic E-state index is 11.7. The quantitative estimate of drug-likeness (QED) is 0.674. The van der Waals surface area contributed by atoms with Crippen molar-refractivity contribution in [2.45, 2.75) is 63.5 Å². The molecule has 0 amide bonds. The van der Waals surface area contributed by atoms with E-state index < -0.39 is 15.8 Å². The fourth-order valence-electron chi connectivity index (χ4n) is 2.49. The molecule has 0 heterocycles. The molecule has 0 aliphatic heterocycles. The van der Waals surface area contributed by atoms with Crippen molar-refractivity contribution in [2.24, 2.45) is 5.92 Å². The fourth-order valence-corrected chi connectivity index (χ4v) is 3.71. The van der Waals surface area contributed by atoms with Crippen LogP contribution in [0.15, 0.2) is 0 Å². The van der Waals surface area contributed by atoms with Crippen LogP contribution in [0.1, 0.15) is 51.9 Å². The van der Waals surface area contributed by atoms with E-state index in [1.807, 2.05) is 0 Å². The molecule has 0 saturated heterocycles. The van der Waals surface area contributed by atoms with Crippen LogP contribution in [0.3, 0.4) is 0 Å². The van der Waals surface area contributed by atoms with Crippen molar-refractivity contribution in [1.29, 1.82) is 0 Å². The summed E-state index contributed by atoms with van der Waals surface area (Å²) in [6, 6.07) is 0.105. The molecule has 2 aliphatic rings. The number of hydrogen-bond donors (Lipinski definition) is 3. The van der Waals surface area contributed by atoms with Gasteiger partial charge in [-0.2, -0.15) is 17.9 Å². The molecule has 3 N–H and O–H groups in total. The molecule has 0 aromatic carbocycles. The predicted octanol–water partition coefficient (Wildman–Crippen LogP) is 0.904. The van der Waals surface area contributed by atoms with Gasteiger partial charge in [0, 0.05) is 12.6 Å². The van der Waals surface area contributed by atoms with E-state index in [2.05, 4.69) is 16.4 Å². The third-order valence-electron chi connectivity index (χ3n) is 4.10. The highest BCUT2D eigenvalue weighted by molar-refractivity contribution is 7.87. The highest BCUT2D eigenvalue weighted by Gasteiger charge is 2.34. The Labute approximate surface area is 110 Å². The molecule has 0 spiro atoms. The molecule has 106 valence electrons. The van der Waals surface area contributed by atoms with Crippen molar-refractivity contribution >= 4 is 10.2 Å². The normalized spacial score (nSPS) is 33.6. The summed E-state index contributed by atoms with van der Waals surface area (Å²) in [7, 11) is -3.43. The predicted molar refractivity (Wildman–Crippen MR) is 70.3 cm³/mol. The van der Waals surface area contributed by atoms with E-state index in [9.17, 15) is 13.5 Å². The minimum Gasteiger partial charge on any atom is -0.389 e. The van der Waals surface area contributed by atoms with Crippen molar-refractivity contribution in [1.82, 2.24) is 9.44 Å². The second-order valence-corrected chi connectivity index (χ2v) is 7.32. The minimum atomic E-state index is -3.43. The van der Waals surface area contributed by atoms with E-state index in [-0.39, 0.29) is 12.6 Å². The van der Waals surface area contributed by atoms with Crippen LogP contribution >= 0.6 is 0 Å². The first-order valence-corrected chi connectivity index (χ1v) is 8.40. The average Bonchev–Trinajstić information content (AvgIpc) is 3.11. The number of hydrogen-bond acceptors (Lipinski definition) is 3. The summed E-state index contributed by atoms with van der Waals surface area (Å²) in [5.41, 5.74) is -0.857. The Hall–Kier alpha value is -0.170. The number of nitrogens with one attached hydrogen (secondary N) is 2. The van der Waals surface area contributed by atoms with Gasteiger partial charge in [0.05, 0.1) is 5.60 Å². The third kappa shape index (κ3) is 4.19. The third-order valence-corrected chi connectivity index (χ3v) is 5.27. The molecule has 2 aliphatic carbocycles. The molecule has 2 saturated carbocycles. The Morgan fingerprint density at radius 3 is 2.33 bits per heavy atom. The van der Waals surface area contributed by atoms with Crippen LogP contribution in [0.5, 0.6) is 0 Å². The van der Waals surface area contributed by atoms with Crippen LogP contribution in [0.2, 0.25) is 0 Å². The number of aliphatic hydroxyl groups is 1. The van der Waals surface area contributed by atoms with E-state index in [1.165, 1.54) is 0 Å². The smallest absolute Gasteiger partial charge is 0.277 e. The Balaban J connectivity index is 1.78. The van der Waals surface area contributed by atoms with Crippen molar-refractivity contribution in [2.75, 3.05) is 6.54 Å². The van der Waals surface area contributed by atoms with Crippen LogP contribution in [0, 0.1) is 5.92 Å². The van der Waals surface area contributed by atoms with Crippen LogP contribution in [-0.4, -0.2) is 31.7 Å². The lowest BCUT2D eigenvalue weighted by Crippen LogP contribution is -2.48. The van der Waals surface area contributed by atoms with Gasteiger partial charge in [0.25, 0.3) is 10.2 Å². The van der Waals surface area contributed by atoms with Gasteiger partial charge >= 0.3 is 0 Å². The summed E-state index contributed by atoms with van der Waals surface area (Å²) in [4.78, 5) is 0. The second kappa shape index (κ2) is 5.45. The summed E-state index contributed by atoms with van der Waals surface area (Å²) in [5.74, 6) is 0.687. The lowest BCUT2D eigenvalue weighted by atomic mass is 9.78. The van der Waals surface area contributed by atoms with Gasteiger partial charge in [0.2, 0.25) is 0 Å². The van der Waals surface area contributed by atoms with Gasteiger partial charge in [0.1, 0.15) is 0 Å². The van der Waals surface area contributed by atoms with Gasteiger partial charge in [-0.25, -0.2) is 0 Å². The van der Waals surface area contributed by atoms with Crippen LogP contribution < -0.4 is 9.44 Å². The molecule has 2 fully saturated rings. The zero-order chi connectivity index (χ0) is 13.2. The first-order valence-electron chi connectivity index (χ1n) is 6.92. The van der Waals surface area contributed by atoms with Crippen LogP contribution in [0.4, 0.5) is 0 Å². The Morgan fingerprint density at radius 2 is 1.83 bits per heavy atom. The largest absolute Gasteiger partial charge is 0.389 e. The minimum absolute atomic E-state index is 0.105. The molecule has 6 heteroatoms. The first kappa shape index (κ1) is 14.2. The van der Waals surface area contributed by atoms with E-state index in [1.54, 1.807) is 0 Å². The summed E-state index contributed by atoms with van der Waals surface area (Å²) in [5, 5.41) is 10.3. The topological polar surface area (TPSA) is 78.4 Å². The second-order valence-electron chi connectivity index (χ2n) is 5.79. The maximum atomic E-state index is 11.7. The lowest BCUT2D eigenvalue weighted by Gasteiger charge is -2.35. The molecule has 5 nitrogen and oxygen atoms in total. The molecule has 0 radical (unpaired) electrons. The highest BCUT2D eigenvalue weighted by atomic mass is 32.2. The molecule has 0 aromatic rings. The van der Waals surface area contributed by atoms with Crippen LogP contribution in [-0.2, 0) is 10.2 Å². The fraction of sp³-hybridized carbons (Fsp3) is 1.00. The standard InChI is InChI=1S/C12H24N2O3S/c1-2-10-5-7-12(15,8-6-10)9-13-18(16,17)14-11-3-4-11/h10-11,13-15H,2-9H2,1H3. The van der Waals surface area contributed by atoms with Crippen molar-refractivity contribution in [3.8, 4) is 0 Å². The SMILES string of the molecule is CCC1CCC(O)(CNS(=O)(=O)NC2CC2)CC1. The summed E-state index contributed by atoms with van der Waals surface area (Å²) >= 11 is 0. The summed E-state index contributed by atoms with van der Waals surface area (Å²) in [6.07, 6.45) is 6.35. The summed E-state index contributed by atoms with van der Waals surface area (Å²) in [6.45, 7) is 2.29. The summed E-state index contributed by atoms with van der Waals surface area (Å²) < 4.78 is 28.3. The zero-order valence-electron chi connectivity index (χ0n) is 11.0. The van der Waals surface area contributed by atoms with Gasteiger partial charge in [-0.15, -0.1) is 0 Å². The Kier molecular flexibility index (Phi) is 4.31. The van der Waals surface area contributed by atoms with Crippen molar-refractivity contribution in [3.05, 3.63) is 0 Å². The van der Waals surface area contributed by atoms with E-state index in [4.69, 9.17) is 0 Å².